The summed E-state index contributed by atoms with van der Waals surface area (Å²) in [6, 6.07) is 0.361. The van der Waals surface area contributed by atoms with Crippen LogP contribution in [0.25, 0.3) is 0 Å². The van der Waals surface area contributed by atoms with E-state index in [9.17, 15) is 0 Å². The minimum atomic E-state index is 0.361. The molecule has 1 aromatic rings. The van der Waals surface area contributed by atoms with Gasteiger partial charge in [-0.25, -0.2) is 4.98 Å². The molecule has 0 aliphatic heterocycles. The smallest absolute Gasteiger partial charge is 0.126 e. The summed E-state index contributed by atoms with van der Waals surface area (Å²) in [6.45, 7) is 0. The van der Waals surface area contributed by atoms with Gasteiger partial charge in [-0.3, -0.25) is 0 Å². The van der Waals surface area contributed by atoms with E-state index >= 15 is 0 Å². The van der Waals surface area contributed by atoms with Gasteiger partial charge in [0.15, 0.2) is 0 Å². The maximum absolute atomic E-state index is 4.29. The molecular weight excluding hydrogens is 170 g/mol. The average Bonchev–Trinajstić information content (AvgIpc) is 2.47. The van der Waals surface area contributed by atoms with Gasteiger partial charge in [-0.05, 0) is 13.3 Å². The maximum atomic E-state index is 4.29. The third kappa shape index (κ3) is 2.01. The highest BCUT2D eigenvalue weighted by atomic mass is 32.2. The zero-order valence-corrected chi connectivity index (χ0v) is 8.56. The van der Waals surface area contributed by atoms with E-state index in [4.69, 9.17) is 0 Å². The van der Waals surface area contributed by atoms with Crippen LogP contribution >= 0.6 is 11.8 Å². The molecule has 0 saturated carbocycles. The van der Waals surface area contributed by atoms with Crippen LogP contribution in [0, 0.1) is 0 Å². The molecule has 0 spiro atoms. The Labute approximate surface area is 77.6 Å². The highest BCUT2D eigenvalue weighted by Gasteiger charge is 2.11. The van der Waals surface area contributed by atoms with Crippen molar-refractivity contribution in [1.29, 1.82) is 0 Å². The third-order valence-corrected chi connectivity index (χ3v) is 2.52. The predicted molar refractivity (Wildman–Crippen MR) is 53.4 cm³/mol. The van der Waals surface area contributed by atoms with E-state index in [-0.39, 0.29) is 0 Å². The quantitative estimate of drug-likeness (QED) is 0.760. The molecule has 0 saturated heterocycles. The van der Waals surface area contributed by atoms with Gasteiger partial charge in [0.05, 0.1) is 6.04 Å². The Morgan fingerprint density at radius 2 is 2.50 bits per heavy atom. The Balaban J connectivity index is 2.72. The van der Waals surface area contributed by atoms with Crippen LogP contribution < -0.4 is 5.32 Å². The number of aryl methyl sites for hydroxylation is 1. The number of nitrogens with zero attached hydrogens (tertiary/aromatic N) is 2. The van der Waals surface area contributed by atoms with Crippen molar-refractivity contribution in [2.75, 3.05) is 19.1 Å². The molecule has 68 valence electrons. The Kier molecular flexibility index (Phi) is 3.62. The van der Waals surface area contributed by atoms with Crippen LogP contribution in [0.4, 0.5) is 0 Å². The molecule has 0 aromatic carbocycles. The fraction of sp³-hybridized carbons (Fsp3) is 0.625. The van der Waals surface area contributed by atoms with Crippen molar-refractivity contribution < 1.29 is 0 Å². The van der Waals surface area contributed by atoms with E-state index in [0.717, 1.165) is 11.6 Å². The molecule has 0 radical (unpaired) electrons. The zero-order chi connectivity index (χ0) is 8.97. The number of hydrogen-bond donors (Lipinski definition) is 1. The summed E-state index contributed by atoms with van der Waals surface area (Å²) >= 11 is 1.83. The van der Waals surface area contributed by atoms with Crippen LogP contribution in [-0.2, 0) is 7.05 Å². The fourth-order valence-corrected chi connectivity index (χ4v) is 1.82. The highest BCUT2D eigenvalue weighted by Crippen LogP contribution is 2.13. The summed E-state index contributed by atoms with van der Waals surface area (Å²) in [5.74, 6) is 2.16. The first kappa shape index (κ1) is 9.61. The van der Waals surface area contributed by atoms with E-state index in [0.29, 0.717) is 6.04 Å². The molecule has 1 N–H and O–H groups in total. The number of hydrogen-bond acceptors (Lipinski definition) is 3. The molecule has 12 heavy (non-hydrogen) atoms. The second-order valence-corrected chi connectivity index (χ2v) is 3.60. The summed E-state index contributed by atoms with van der Waals surface area (Å²) in [5.41, 5.74) is 0. The standard InChI is InChI=1S/C8H15N3S/c1-9-7(6-12-3)8-10-4-5-11(8)2/h4-5,7,9H,6H2,1-3H3. The van der Waals surface area contributed by atoms with Gasteiger partial charge in [0.1, 0.15) is 5.82 Å². The molecule has 0 amide bonds. The summed E-state index contributed by atoms with van der Waals surface area (Å²) in [4.78, 5) is 4.29. The second kappa shape index (κ2) is 4.52. The topological polar surface area (TPSA) is 29.9 Å². The van der Waals surface area contributed by atoms with Gasteiger partial charge >= 0.3 is 0 Å². The molecule has 3 nitrogen and oxygen atoms in total. The van der Waals surface area contributed by atoms with Gasteiger partial charge in [-0.2, -0.15) is 11.8 Å². The van der Waals surface area contributed by atoms with Crippen LogP contribution in [-0.4, -0.2) is 28.6 Å². The lowest BCUT2D eigenvalue weighted by Gasteiger charge is -2.13. The first-order valence-corrected chi connectivity index (χ1v) is 5.32. The molecule has 0 bridgehead atoms. The Morgan fingerprint density at radius 1 is 1.75 bits per heavy atom. The van der Waals surface area contributed by atoms with Crippen molar-refractivity contribution in [2.45, 2.75) is 6.04 Å². The third-order valence-electron chi connectivity index (χ3n) is 1.85. The van der Waals surface area contributed by atoms with Crippen molar-refractivity contribution in [3.05, 3.63) is 18.2 Å². The van der Waals surface area contributed by atoms with Gasteiger partial charge in [0, 0.05) is 25.2 Å². The maximum Gasteiger partial charge on any atom is 0.126 e. The van der Waals surface area contributed by atoms with Gasteiger partial charge in [-0.1, -0.05) is 0 Å². The van der Waals surface area contributed by atoms with Crippen molar-refractivity contribution in [1.82, 2.24) is 14.9 Å². The van der Waals surface area contributed by atoms with E-state index in [1.54, 1.807) is 0 Å². The lowest BCUT2D eigenvalue weighted by atomic mass is 10.3. The minimum absolute atomic E-state index is 0.361. The molecule has 0 fully saturated rings. The van der Waals surface area contributed by atoms with Crippen LogP contribution in [0.3, 0.4) is 0 Å². The average molecular weight is 185 g/mol. The molecule has 0 aliphatic carbocycles. The van der Waals surface area contributed by atoms with Crippen LogP contribution in [0.2, 0.25) is 0 Å². The van der Waals surface area contributed by atoms with E-state index in [1.165, 1.54) is 0 Å². The lowest BCUT2D eigenvalue weighted by molar-refractivity contribution is 0.593. The predicted octanol–water partition coefficient (Wildman–Crippen LogP) is 1.04. The van der Waals surface area contributed by atoms with Crippen LogP contribution in [0.1, 0.15) is 11.9 Å². The van der Waals surface area contributed by atoms with E-state index in [2.05, 4.69) is 21.1 Å². The van der Waals surface area contributed by atoms with Crippen molar-refractivity contribution in [2.24, 2.45) is 7.05 Å². The molecule has 1 atom stereocenters. The first-order chi connectivity index (χ1) is 5.79. The molecule has 4 heteroatoms. The minimum Gasteiger partial charge on any atom is -0.337 e. The number of rotatable bonds is 4. The van der Waals surface area contributed by atoms with Crippen molar-refractivity contribution in [3.8, 4) is 0 Å². The number of nitrogens with one attached hydrogen (secondary N) is 1. The highest BCUT2D eigenvalue weighted by molar-refractivity contribution is 7.98. The number of aromatic nitrogens is 2. The monoisotopic (exact) mass is 185 g/mol. The Morgan fingerprint density at radius 3 is 2.92 bits per heavy atom. The van der Waals surface area contributed by atoms with Crippen LogP contribution in [0.15, 0.2) is 12.4 Å². The van der Waals surface area contributed by atoms with Crippen molar-refractivity contribution >= 4 is 11.8 Å². The molecule has 1 heterocycles. The molecule has 1 unspecified atom stereocenters. The Bertz CT molecular complexity index is 234. The summed E-state index contributed by atoms with van der Waals surface area (Å²) in [7, 11) is 3.99. The fourth-order valence-electron chi connectivity index (χ4n) is 1.17. The summed E-state index contributed by atoms with van der Waals surface area (Å²) < 4.78 is 2.05. The van der Waals surface area contributed by atoms with Gasteiger partial charge in [0.25, 0.3) is 0 Å². The molecule has 1 aromatic heterocycles. The SMILES string of the molecule is CNC(CSC)c1nccn1C. The zero-order valence-electron chi connectivity index (χ0n) is 7.74. The summed E-state index contributed by atoms with van der Waals surface area (Å²) in [6.07, 6.45) is 5.91. The normalized spacial score (nSPS) is 13.2. The first-order valence-electron chi connectivity index (χ1n) is 3.93. The largest absolute Gasteiger partial charge is 0.337 e. The van der Waals surface area contributed by atoms with Gasteiger partial charge in [-0.15, -0.1) is 0 Å². The molecule has 0 aliphatic rings. The van der Waals surface area contributed by atoms with Gasteiger partial charge < -0.3 is 9.88 Å². The Hall–Kier alpha value is -0.480. The molecule has 1 rings (SSSR count). The number of thioether (sulfide) groups is 1. The summed E-state index contributed by atoms with van der Waals surface area (Å²) in [5, 5.41) is 3.24. The van der Waals surface area contributed by atoms with Gasteiger partial charge in [0.2, 0.25) is 0 Å². The van der Waals surface area contributed by atoms with E-state index in [1.807, 2.05) is 38.3 Å². The lowest BCUT2D eigenvalue weighted by Crippen LogP contribution is -2.22. The molecular formula is C8H15N3S. The van der Waals surface area contributed by atoms with Crippen LogP contribution in [0.5, 0.6) is 0 Å². The number of imidazole rings is 1. The van der Waals surface area contributed by atoms with Crippen molar-refractivity contribution in [3.63, 3.8) is 0 Å². The van der Waals surface area contributed by atoms with E-state index < -0.39 is 0 Å². The second-order valence-electron chi connectivity index (χ2n) is 2.69.